The summed E-state index contributed by atoms with van der Waals surface area (Å²) < 4.78 is 11.8. The molecule has 1 aliphatic rings. The van der Waals surface area contributed by atoms with Crippen LogP contribution in [0.25, 0.3) is 0 Å². The second-order valence-corrected chi connectivity index (χ2v) is 5.44. The van der Waals surface area contributed by atoms with Crippen LogP contribution in [0.2, 0.25) is 0 Å². The number of hydrogen-bond donors (Lipinski definition) is 0. The van der Waals surface area contributed by atoms with Crippen molar-refractivity contribution in [1.29, 1.82) is 0 Å². The highest BCUT2D eigenvalue weighted by Crippen LogP contribution is 2.32. The summed E-state index contributed by atoms with van der Waals surface area (Å²) in [6, 6.07) is 0. The van der Waals surface area contributed by atoms with Gasteiger partial charge >= 0.3 is 0 Å². The fourth-order valence-electron chi connectivity index (χ4n) is 1.90. The van der Waals surface area contributed by atoms with Crippen molar-refractivity contribution in [3.05, 3.63) is 0 Å². The zero-order valence-electron chi connectivity index (χ0n) is 10.3. The molecule has 0 spiro atoms. The third-order valence-corrected chi connectivity index (χ3v) is 2.82. The first-order valence-electron chi connectivity index (χ1n) is 5.67. The van der Waals surface area contributed by atoms with E-state index in [4.69, 9.17) is 9.47 Å². The maximum atomic E-state index is 5.89. The Kier molecular flexibility index (Phi) is 3.59. The van der Waals surface area contributed by atoms with Crippen molar-refractivity contribution in [2.45, 2.75) is 66.0 Å². The van der Waals surface area contributed by atoms with Gasteiger partial charge in [0.2, 0.25) is 0 Å². The third kappa shape index (κ3) is 2.96. The number of rotatable bonds is 2. The van der Waals surface area contributed by atoms with Crippen LogP contribution in [-0.2, 0) is 9.47 Å². The molecule has 0 aromatic heterocycles. The van der Waals surface area contributed by atoms with Crippen molar-refractivity contribution in [3.8, 4) is 0 Å². The summed E-state index contributed by atoms with van der Waals surface area (Å²) in [5, 5.41) is 0. The van der Waals surface area contributed by atoms with E-state index in [1.54, 1.807) is 0 Å². The van der Waals surface area contributed by atoms with E-state index in [1.807, 2.05) is 13.8 Å². The lowest BCUT2D eigenvalue weighted by molar-refractivity contribution is -0.312. The average Bonchev–Trinajstić information content (AvgIpc) is 2.01. The minimum atomic E-state index is -0.415. The molecular formula is C12H24O2. The Hall–Kier alpha value is -0.0800. The highest BCUT2D eigenvalue weighted by molar-refractivity contribution is 4.79. The van der Waals surface area contributed by atoms with Gasteiger partial charge in [-0.1, -0.05) is 27.7 Å². The first-order chi connectivity index (χ1) is 6.32. The molecule has 1 saturated heterocycles. The molecule has 84 valence electrons. The van der Waals surface area contributed by atoms with Crippen LogP contribution in [0.4, 0.5) is 0 Å². The number of ether oxygens (including phenoxy) is 2. The molecule has 1 rings (SSSR count). The normalized spacial score (nSPS) is 32.6. The van der Waals surface area contributed by atoms with E-state index in [1.165, 1.54) is 0 Å². The van der Waals surface area contributed by atoms with Gasteiger partial charge in [-0.3, -0.25) is 0 Å². The summed E-state index contributed by atoms with van der Waals surface area (Å²) in [6.45, 7) is 12.9. The van der Waals surface area contributed by atoms with Gasteiger partial charge in [0.1, 0.15) is 0 Å². The molecule has 1 aliphatic heterocycles. The zero-order valence-corrected chi connectivity index (χ0v) is 10.3. The van der Waals surface area contributed by atoms with Gasteiger partial charge in [-0.05, 0) is 25.7 Å². The van der Waals surface area contributed by atoms with Crippen LogP contribution in [0.3, 0.4) is 0 Å². The van der Waals surface area contributed by atoms with Gasteiger partial charge in [-0.2, -0.15) is 0 Å². The van der Waals surface area contributed by atoms with Crippen molar-refractivity contribution in [2.75, 3.05) is 0 Å². The van der Waals surface area contributed by atoms with Crippen molar-refractivity contribution >= 4 is 0 Å². The minimum absolute atomic E-state index is 0.339. The highest BCUT2D eigenvalue weighted by Gasteiger charge is 2.37. The van der Waals surface area contributed by atoms with E-state index < -0.39 is 5.79 Å². The van der Waals surface area contributed by atoms with E-state index in [2.05, 4.69) is 27.7 Å². The summed E-state index contributed by atoms with van der Waals surface area (Å²) in [4.78, 5) is 0. The molecule has 0 bridgehead atoms. The first-order valence-corrected chi connectivity index (χ1v) is 5.67. The molecule has 2 nitrogen and oxygen atoms in total. The molecule has 0 aromatic carbocycles. The van der Waals surface area contributed by atoms with Crippen LogP contribution in [0.5, 0.6) is 0 Å². The Morgan fingerprint density at radius 2 is 1.29 bits per heavy atom. The lowest BCUT2D eigenvalue weighted by Gasteiger charge is -2.43. The van der Waals surface area contributed by atoms with Crippen LogP contribution in [0.1, 0.15) is 48.0 Å². The van der Waals surface area contributed by atoms with Crippen LogP contribution in [0, 0.1) is 11.8 Å². The SMILES string of the molecule is CC(C)[C@@H]1C[C@@H](C(C)C)OC(C)(C)O1. The molecule has 0 aromatic rings. The Balaban J connectivity index is 2.67. The van der Waals surface area contributed by atoms with Crippen molar-refractivity contribution in [3.63, 3.8) is 0 Å². The van der Waals surface area contributed by atoms with Crippen LogP contribution >= 0.6 is 0 Å². The largest absolute Gasteiger partial charge is 0.347 e. The molecule has 0 N–H and O–H groups in total. The van der Waals surface area contributed by atoms with Gasteiger partial charge in [-0.15, -0.1) is 0 Å². The fourth-order valence-corrected chi connectivity index (χ4v) is 1.90. The van der Waals surface area contributed by atoms with Crippen molar-refractivity contribution < 1.29 is 9.47 Å². The molecule has 0 saturated carbocycles. The predicted molar refractivity (Wildman–Crippen MR) is 58.1 cm³/mol. The fraction of sp³-hybridized carbons (Fsp3) is 1.00. The molecule has 0 unspecified atom stereocenters. The molecule has 14 heavy (non-hydrogen) atoms. The molecule has 0 aliphatic carbocycles. The topological polar surface area (TPSA) is 18.5 Å². The van der Waals surface area contributed by atoms with Gasteiger partial charge in [0.15, 0.2) is 5.79 Å². The van der Waals surface area contributed by atoms with E-state index in [9.17, 15) is 0 Å². The van der Waals surface area contributed by atoms with Gasteiger partial charge in [-0.25, -0.2) is 0 Å². The summed E-state index contributed by atoms with van der Waals surface area (Å²) in [7, 11) is 0. The van der Waals surface area contributed by atoms with Crippen molar-refractivity contribution in [2.24, 2.45) is 11.8 Å². The molecular weight excluding hydrogens is 176 g/mol. The molecule has 1 fully saturated rings. The Bertz CT molecular complexity index is 167. The van der Waals surface area contributed by atoms with Crippen LogP contribution in [-0.4, -0.2) is 18.0 Å². The minimum Gasteiger partial charge on any atom is -0.347 e. The van der Waals surface area contributed by atoms with E-state index >= 15 is 0 Å². The standard InChI is InChI=1S/C12H24O2/c1-8(2)10-7-11(9(3)4)14-12(5,6)13-10/h8-11H,7H2,1-6H3/t10-,11-/m0/s1. The maximum absolute atomic E-state index is 5.89. The predicted octanol–water partition coefficient (Wildman–Crippen LogP) is 3.21. The second-order valence-electron chi connectivity index (χ2n) is 5.44. The quantitative estimate of drug-likeness (QED) is 0.681. The Morgan fingerprint density at radius 3 is 1.57 bits per heavy atom. The van der Waals surface area contributed by atoms with Crippen molar-refractivity contribution in [1.82, 2.24) is 0 Å². The molecule has 2 heteroatoms. The Labute approximate surface area is 88.0 Å². The zero-order chi connectivity index (χ0) is 10.9. The van der Waals surface area contributed by atoms with Gasteiger partial charge in [0.25, 0.3) is 0 Å². The summed E-state index contributed by atoms with van der Waals surface area (Å²) in [5.74, 6) is 0.723. The molecule has 2 atom stereocenters. The lowest BCUT2D eigenvalue weighted by atomic mass is 9.93. The number of hydrogen-bond acceptors (Lipinski definition) is 2. The summed E-state index contributed by atoms with van der Waals surface area (Å²) >= 11 is 0. The third-order valence-electron chi connectivity index (χ3n) is 2.82. The van der Waals surface area contributed by atoms with Gasteiger partial charge in [0.05, 0.1) is 12.2 Å². The highest BCUT2D eigenvalue weighted by atomic mass is 16.7. The van der Waals surface area contributed by atoms with Crippen LogP contribution in [0.15, 0.2) is 0 Å². The second kappa shape index (κ2) is 4.19. The maximum Gasteiger partial charge on any atom is 0.163 e. The smallest absolute Gasteiger partial charge is 0.163 e. The average molecular weight is 200 g/mol. The first kappa shape index (κ1) is 12.0. The molecule has 0 radical (unpaired) electrons. The molecule has 1 heterocycles. The Morgan fingerprint density at radius 1 is 0.929 bits per heavy atom. The molecule has 0 amide bonds. The van der Waals surface area contributed by atoms with Crippen LogP contribution < -0.4 is 0 Å². The van der Waals surface area contributed by atoms with Gasteiger partial charge < -0.3 is 9.47 Å². The van der Waals surface area contributed by atoms with E-state index in [0.29, 0.717) is 24.0 Å². The lowest BCUT2D eigenvalue weighted by Crippen LogP contribution is -2.47. The monoisotopic (exact) mass is 200 g/mol. The van der Waals surface area contributed by atoms with E-state index in [0.717, 1.165) is 6.42 Å². The van der Waals surface area contributed by atoms with E-state index in [-0.39, 0.29) is 0 Å². The summed E-state index contributed by atoms with van der Waals surface area (Å²) in [6.07, 6.45) is 1.70. The summed E-state index contributed by atoms with van der Waals surface area (Å²) in [5.41, 5.74) is 0. The van der Waals surface area contributed by atoms with Gasteiger partial charge in [0, 0.05) is 6.42 Å².